The molecule has 0 radical (unpaired) electrons. The summed E-state index contributed by atoms with van der Waals surface area (Å²) in [7, 11) is 0. The fourth-order valence-electron chi connectivity index (χ4n) is 2.54. The van der Waals surface area contributed by atoms with Gasteiger partial charge >= 0.3 is 0 Å². The molecule has 3 N–H and O–H groups in total. The number of aryl methyl sites for hydroxylation is 2. The van der Waals surface area contributed by atoms with E-state index in [-0.39, 0.29) is 6.61 Å². The number of anilines is 1. The van der Waals surface area contributed by atoms with Crippen molar-refractivity contribution in [2.24, 2.45) is 0 Å². The Morgan fingerprint density at radius 3 is 2.59 bits per heavy atom. The Bertz CT molecular complexity index is 616. The molecule has 6 nitrogen and oxygen atoms in total. The zero-order valence-electron chi connectivity index (χ0n) is 13.7. The van der Waals surface area contributed by atoms with E-state index in [0.717, 1.165) is 49.1 Å². The molecule has 0 aliphatic carbocycles. The van der Waals surface area contributed by atoms with Gasteiger partial charge in [0.05, 0.1) is 11.9 Å². The van der Waals surface area contributed by atoms with Gasteiger partial charge in [0.2, 0.25) is 5.71 Å². The quantitative estimate of drug-likeness (QED) is 0.778. The highest BCUT2D eigenvalue weighted by Crippen LogP contribution is 2.27. The molecule has 2 rings (SSSR count). The first-order chi connectivity index (χ1) is 10.6. The Labute approximate surface area is 131 Å². The molecular formula is C16H26N4O2. The van der Waals surface area contributed by atoms with E-state index in [1.165, 1.54) is 0 Å². The van der Waals surface area contributed by atoms with Crippen LogP contribution in [0.5, 0.6) is 0 Å². The molecule has 0 atom stereocenters. The van der Waals surface area contributed by atoms with Crippen molar-refractivity contribution in [2.45, 2.75) is 46.6 Å². The number of nitrogens with zero attached hydrogens (tertiary/aromatic N) is 3. The van der Waals surface area contributed by atoms with Crippen LogP contribution >= 0.6 is 0 Å². The first-order valence-electron chi connectivity index (χ1n) is 7.92. The number of hydrogen-bond acceptors (Lipinski definition) is 6. The monoisotopic (exact) mass is 306 g/mol. The van der Waals surface area contributed by atoms with Crippen molar-refractivity contribution in [3.05, 3.63) is 17.1 Å². The molecule has 0 saturated heterocycles. The molecule has 0 unspecified atom stereocenters. The summed E-state index contributed by atoms with van der Waals surface area (Å²) >= 11 is 0. The van der Waals surface area contributed by atoms with E-state index in [1.807, 2.05) is 13.8 Å². The van der Waals surface area contributed by atoms with Gasteiger partial charge in [0.15, 0.2) is 0 Å². The summed E-state index contributed by atoms with van der Waals surface area (Å²) in [5, 5.41) is 9.85. The highest BCUT2D eigenvalue weighted by Gasteiger charge is 2.15. The average molecular weight is 306 g/mol. The van der Waals surface area contributed by atoms with Gasteiger partial charge in [-0.25, -0.2) is 4.98 Å². The van der Waals surface area contributed by atoms with E-state index in [9.17, 15) is 0 Å². The van der Waals surface area contributed by atoms with E-state index in [0.29, 0.717) is 23.9 Å². The summed E-state index contributed by atoms with van der Waals surface area (Å²) in [5.74, 6) is 1.98. The van der Waals surface area contributed by atoms with E-state index in [2.05, 4.69) is 21.8 Å². The number of unbranched alkanes of at least 4 members (excludes halogenated alkanes) is 1. The van der Waals surface area contributed by atoms with E-state index < -0.39 is 0 Å². The van der Waals surface area contributed by atoms with Gasteiger partial charge in [0.1, 0.15) is 17.4 Å². The number of rotatable bonds is 8. The van der Waals surface area contributed by atoms with Crippen LogP contribution in [-0.4, -0.2) is 39.7 Å². The van der Waals surface area contributed by atoms with Gasteiger partial charge in [-0.15, -0.1) is 0 Å². The largest absolute Gasteiger partial charge is 0.443 e. The third-order valence-corrected chi connectivity index (χ3v) is 3.93. The van der Waals surface area contributed by atoms with Crippen LogP contribution in [0, 0.1) is 13.8 Å². The Morgan fingerprint density at radius 1 is 1.18 bits per heavy atom. The summed E-state index contributed by atoms with van der Waals surface area (Å²) in [5.41, 5.74) is 7.64. The molecular weight excluding hydrogens is 280 g/mol. The third kappa shape index (κ3) is 3.75. The van der Waals surface area contributed by atoms with Crippen molar-refractivity contribution in [2.75, 3.05) is 25.4 Å². The lowest BCUT2D eigenvalue weighted by Gasteiger charge is -2.20. The van der Waals surface area contributed by atoms with E-state index in [4.69, 9.17) is 15.3 Å². The van der Waals surface area contributed by atoms with Gasteiger partial charge in [0, 0.05) is 18.7 Å². The molecule has 0 aliphatic rings. The molecule has 0 spiro atoms. The molecule has 122 valence electrons. The van der Waals surface area contributed by atoms with Crippen molar-refractivity contribution < 1.29 is 9.52 Å². The minimum atomic E-state index is 0.196. The van der Waals surface area contributed by atoms with Crippen molar-refractivity contribution >= 4 is 16.9 Å². The van der Waals surface area contributed by atoms with Gasteiger partial charge in [-0.1, -0.05) is 13.3 Å². The second-order valence-electron chi connectivity index (χ2n) is 5.70. The van der Waals surface area contributed by atoms with Gasteiger partial charge in [0.25, 0.3) is 0 Å². The molecule has 0 aliphatic heterocycles. The number of aliphatic hydroxyl groups excluding tert-OH is 1. The smallest absolute Gasteiger partial charge is 0.231 e. The summed E-state index contributed by atoms with van der Waals surface area (Å²) in [6.07, 6.45) is 3.00. The molecule has 0 amide bonds. The molecule has 0 bridgehead atoms. The van der Waals surface area contributed by atoms with Gasteiger partial charge in [-0.3, -0.25) is 4.90 Å². The van der Waals surface area contributed by atoms with E-state index >= 15 is 0 Å². The fourth-order valence-corrected chi connectivity index (χ4v) is 2.54. The summed E-state index contributed by atoms with van der Waals surface area (Å²) in [6, 6.07) is 0. The predicted octanol–water partition coefficient (Wildman–Crippen LogP) is 2.41. The van der Waals surface area contributed by atoms with Crippen LogP contribution in [0.25, 0.3) is 11.1 Å². The molecule has 2 aromatic rings. The minimum Gasteiger partial charge on any atom is -0.443 e. The number of fused-ring (bicyclic) bond motifs is 1. The number of nitrogens with two attached hydrogens (primary N) is 1. The number of hydrogen-bond donors (Lipinski definition) is 2. The molecule has 2 heterocycles. The van der Waals surface area contributed by atoms with Crippen molar-refractivity contribution in [1.82, 2.24) is 14.9 Å². The molecule has 0 aromatic carbocycles. The second-order valence-corrected chi connectivity index (χ2v) is 5.70. The highest BCUT2D eigenvalue weighted by molar-refractivity contribution is 5.88. The van der Waals surface area contributed by atoms with Gasteiger partial charge in [-0.05, 0) is 33.2 Å². The first-order valence-corrected chi connectivity index (χ1v) is 7.92. The average Bonchev–Trinajstić information content (AvgIpc) is 2.77. The maximum Gasteiger partial charge on any atom is 0.231 e. The summed E-state index contributed by atoms with van der Waals surface area (Å²) < 4.78 is 5.67. The lowest BCUT2D eigenvalue weighted by atomic mass is 10.2. The summed E-state index contributed by atoms with van der Waals surface area (Å²) in [6.45, 7) is 8.65. The van der Waals surface area contributed by atoms with Crippen LogP contribution in [0.4, 0.5) is 5.82 Å². The molecule has 22 heavy (non-hydrogen) atoms. The number of furan rings is 1. The van der Waals surface area contributed by atoms with E-state index in [1.54, 1.807) is 0 Å². The third-order valence-electron chi connectivity index (χ3n) is 3.93. The standard InChI is InChI=1S/C16H26N4O2/c1-4-5-7-20(8-6-9-21)10-13-18-15(17)14-11(2)12(3)22-16(14)19-13/h21H,4-10H2,1-3H3,(H2,17,18,19). The Kier molecular flexibility index (Phi) is 5.74. The topological polar surface area (TPSA) is 88.4 Å². The Balaban J connectivity index is 2.21. The zero-order valence-corrected chi connectivity index (χ0v) is 13.7. The lowest BCUT2D eigenvalue weighted by Crippen LogP contribution is -2.27. The minimum absolute atomic E-state index is 0.196. The van der Waals surface area contributed by atoms with Crippen molar-refractivity contribution in [1.29, 1.82) is 0 Å². The molecule has 6 heteroatoms. The summed E-state index contributed by atoms with van der Waals surface area (Å²) in [4.78, 5) is 11.2. The van der Waals surface area contributed by atoms with Crippen molar-refractivity contribution in [3.63, 3.8) is 0 Å². The van der Waals surface area contributed by atoms with Crippen LogP contribution in [0.15, 0.2) is 4.42 Å². The van der Waals surface area contributed by atoms with Crippen LogP contribution in [0.2, 0.25) is 0 Å². The van der Waals surface area contributed by atoms with Crippen LogP contribution in [0.3, 0.4) is 0 Å². The lowest BCUT2D eigenvalue weighted by molar-refractivity contribution is 0.213. The number of nitrogen functional groups attached to an aromatic ring is 1. The molecule has 0 saturated carbocycles. The Hall–Kier alpha value is -1.66. The second kappa shape index (κ2) is 7.56. The Morgan fingerprint density at radius 2 is 1.91 bits per heavy atom. The van der Waals surface area contributed by atoms with Crippen LogP contribution < -0.4 is 5.73 Å². The number of aromatic nitrogens is 2. The highest BCUT2D eigenvalue weighted by atomic mass is 16.3. The van der Waals surface area contributed by atoms with Gasteiger partial charge in [-0.2, -0.15) is 4.98 Å². The fraction of sp³-hybridized carbons (Fsp3) is 0.625. The maximum atomic E-state index is 9.03. The van der Waals surface area contributed by atoms with Crippen molar-refractivity contribution in [3.8, 4) is 0 Å². The number of aliphatic hydroxyl groups is 1. The first kappa shape index (κ1) is 16.7. The molecule has 2 aromatic heterocycles. The molecule has 0 fully saturated rings. The zero-order chi connectivity index (χ0) is 16.1. The maximum absolute atomic E-state index is 9.03. The van der Waals surface area contributed by atoms with Crippen LogP contribution in [-0.2, 0) is 6.54 Å². The normalized spacial score (nSPS) is 11.7. The van der Waals surface area contributed by atoms with Gasteiger partial charge < -0.3 is 15.3 Å². The van der Waals surface area contributed by atoms with Crippen LogP contribution in [0.1, 0.15) is 43.3 Å². The predicted molar refractivity (Wildman–Crippen MR) is 87.6 cm³/mol. The SMILES string of the molecule is CCCCN(CCCO)Cc1nc(N)c2c(C)c(C)oc2n1.